The van der Waals surface area contributed by atoms with Gasteiger partial charge >= 0.3 is 6.18 Å². The zero-order chi connectivity index (χ0) is 17.0. The molecule has 0 aromatic heterocycles. The molecule has 1 aromatic rings. The molecule has 0 aliphatic carbocycles. The summed E-state index contributed by atoms with van der Waals surface area (Å²) >= 11 is 0. The molecule has 1 aliphatic heterocycles. The molecule has 2 atom stereocenters. The van der Waals surface area contributed by atoms with Crippen LogP contribution in [0.1, 0.15) is 37.8 Å². The quantitative estimate of drug-likeness (QED) is 0.918. The predicted octanol–water partition coefficient (Wildman–Crippen LogP) is 3.44. The van der Waals surface area contributed by atoms with E-state index in [-0.39, 0.29) is 11.9 Å². The molecule has 0 radical (unpaired) electrons. The van der Waals surface area contributed by atoms with Gasteiger partial charge in [-0.15, -0.1) is 0 Å². The largest absolute Gasteiger partial charge is 0.416 e. The molecule has 1 aromatic carbocycles. The topological polar surface area (TPSA) is 32.3 Å². The second-order valence-electron chi connectivity index (χ2n) is 6.11. The van der Waals surface area contributed by atoms with E-state index in [1.165, 1.54) is 12.1 Å². The SMILES string of the molecule is CC[C@H]1CN(C(C)=O)CC[C@H]1NCc1cccc(C(F)(F)F)c1. The Kier molecular flexibility index (Phi) is 5.68. The van der Waals surface area contributed by atoms with Crippen molar-refractivity contribution in [1.29, 1.82) is 0 Å². The molecular weight excluding hydrogens is 305 g/mol. The first kappa shape index (κ1) is 17.8. The second kappa shape index (κ2) is 7.34. The molecule has 0 spiro atoms. The highest BCUT2D eigenvalue weighted by molar-refractivity contribution is 5.73. The zero-order valence-corrected chi connectivity index (χ0v) is 13.5. The highest BCUT2D eigenvalue weighted by Gasteiger charge is 2.31. The minimum atomic E-state index is -4.31. The van der Waals surface area contributed by atoms with E-state index in [1.807, 2.05) is 4.90 Å². The van der Waals surface area contributed by atoms with E-state index in [2.05, 4.69) is 12.2 Å². The van der Waals surface area contributed by atoms with E-state index in [1.54, 1.807) is 13.0 Å². The Morgan fingerprint density at radius 1 is 1.39 bits per heavy atom. The number of piperidine rings is 1. The third kappa shape index (κ3) is 4.70. The van der Waals surface area contributed by atoms with Crippen LogP contribution in [0.4, 0.5) is 13.2 Å². The Bertz CT molecular complexity index is 545. The van der Waals surface area contributed by atoms with Gasteiger partial charge in [0, 0.05) is 32.6 Å². The molecule has 1 fully saturated rings. The fraction of sp³-hybridized carbons (Fsp3) is 0.588. The third-order valence-electron chi connectivity index (χ3n) is 4.53. The van der Waals surface area contributed by atoms with E-state index in [4.69, 9.17) is 0 Å². The van der Waals surface area contributed by atoms with Crippen LogP contribution >= 0.6 is 0 Å². The summed E-state index contributed by atoms with van der Waals surface area (Å²) in [6, 6.07) is 5.65. The van der Waals surface area contributed by atoms with E-state index in [0.29, 0.717) is 31.1 Å². The lowest BCUT2D eigenvalue weighted by Crippen LogP contribution is -2.50. The molecular formula is C17H23F3N2O. The number of halogens is 3. The summed E-state index contributed by atoms with van der Waals surface area (Å²) in [6.45, 7) is 5.47. The van der Waals surface area contributed by atoms with E-state index < -0.39 is 11.7 Å². The van der Waals surface area contributed by atoms with Crippen LogP contribution in [0.5, 0.6) is 0 Å². The van der Waals surface area contributed by atoms with Crippen LogP contribution in [0.15, 0.2) is 24.3 Å². The van der Waals surface area contributed by atoms with Gasteiger partial charge in [-0.3, -0.25) is 4.79 Å². The summed E-state index contributed by atoms with van der Waals surface area (Å²) in [5.41, 5.74) is 0.0129. The third-order valence-corrected chi connectivity index (χ3v) is 4.53. The number of rotatable bonds is 4. The summed E-state index contributed by atoms with van der Waals surface area (Å²) < 4.78 is 38.2. The number of nitrogens with one attached hydrogen (secondary N) is 1. The van der Waals surface area contributed by atoms with Crippen LogP contribution in [-0.2, 0) is 17.5 Å². The summed E-state index contributed by atoms with van der Waals surface area (Å²) in [5.74, 6) is 0.415. The zero-order valence-electron chi connectivity index (χ0n) is 13.5. The van der Waals surface area contributed by atoms with Crippen LogP contribution in [0.25, 0.3) is 0 Å². The molecule has 0 bridgehead atoms. The van der Waals surface area contributed by atoms with Gasteiger partial charge in [0.15, 0.2) is 0 Å². The number of alkyl halides is 3. The van der Waals surface area contributed by atoms with Crippen molar-refractivity contribution in [1.82, 2.24) is 10.2 Å². The lowest BCUT2D eigenvalue weighted by Gasteiger charge is -2.38. The Labute approximate surface area is 134 Å². The molecule has 2 rings (SSSR count). The molecule has 128 valence electrons. The van der Waals surface area contributed by atoms with Crippen molar-refractivity contribution in [2.45, 2.75) is 45.5 Å². The van der Waals surface area contributed by atoms with Gasteiger partial charge in [0.1, 0.15) is 0 Å². The molecule has 1 N–H and O–H groups in total. The molecule has 3 nitrogen and oxygen atoms in total. The van der Waals surface area contributed by atoms with Crippen molar-refractivity contribution >= 4 is 5.91 Å². The lowest BCUT2D eigenvalue weighted by molar-refractivity contribution is -0.137. The highest BCUT2D eigenvalue weighted by atomic mass is 19.4. The molecule has 0 unspecified atom stereocenters. The van der Waals surface area contributed by atoms with Crippen molar-refractivity contribution in [3.05, 3.63) is 35.4 Å². The maximum absolute atomic E-state index is 12.7. The molecule has 0 saturated carbocycles. The van der Waals surface area contributed by atoms with Gasteiger partial charge in [0.2, 0.25) is 5.91 Å². The van der Waals surface area contributed by atoms with Crippen LogP contribution in [0.3, 0.4) is 0 Å². The van der Waals surface area contributed by atoms with Crippen LogP contribution in [0.2, 0.25) is 0 Å². The summed E-state index contributed by atoms with van der Waals surface area (Å²) in [4.78, 5) is 13.3. The average Bonchev–Trinajstić information content (AvgIpc) is 2.52. The maximum atomic E-state index is 12.7. The Morgan fingerprint density at radius 3 is 2.74 bits per heavy atom. The minimum Gasteiger partial charge on any atom is -0.343 e. The maximum Gasteiger partial charge on any atom is 0.416 e. The molecule has 6 heteroatoms. The number of likely N-dealkylation sites (tertiary alicyclic amines) is 1. The van der Waals surface area contributed by atoms with Gasteiger partial charge in [0.25, 0.3) is 0 Å². The number of hydrogen-bond acceptors (Lipinski definition) is 2. The second-order valence-corrected chi connectivity index (χ2v) is 6.11. The van der Waals surface area contributed by atoms with Crippen molar-refractivity contribution in [2.75, 3.05) is 13.1 Å². The van der Waals surface area contributed by atoms with Gasteiger partial charge in [-0.2, -0.15) is 13.2 Å². The number of carbonyl (C=O) groups excluding carboxylic acids is 1. The molecule has 1 aliphatic rings. The van der Waals surface area contributed by atoms with Crippen LogP contribution in [-0.4, -0.2) is 29.9 Å². The Morgan fingerprint density at radius 2 is 2.13 bits per heavy atom. The number of carbonyl (C=O) groups is 1. The van der Waals surface area contributed by atoms with Crippen molar-refractivity contribution in [3.8, 4) is 0 Å². The van der Waals surface area contributed by atoms with Gasteiger partial charge in [-0.1, -0.05) is 31.5 Å². The van der Waals surface area contributed by atoms with Crippen molar-refractivity contribution in [3.63, 3.8) is 0 Å². The van der Waals surface area contributed by atoms with Gasteiger partial charge < -0.3 is 10.2 Å². The monoisotopic (exact) mass is 328 g/mol. The first-order valence-corrected chi connectivity index (χ1v) is 7.96. The fourth-order valence-electron chi connectivity index (χ4n) is 3.11. The fourth-order valence-corrected chi connectivity index (χ4v) is 3.11. The normalized spacial score (nSPS) is 22.2. The predicted molar refractivity (Wildman–Crippen MR) is 82.7 cm³/mol. The molecule has 23 heavy (non-hydrogen) atoms. The average molecular weight is 328 g/mol. The van der Waals surface area contributed by atoms with E-state index >= 15 is 0 Å². The molecule has 1 heterocycles. The minimum absolute atomic E-state index is 0.0831. The van der Waals surface area contributed by atoms with Gasteiger partial charge in [-0.25, -0.2) is 0 Å². The van der Waals surface area contributed by atoms with E-state index in [9.17, 15) is 18.0 Å². The summed E-state index contributed by atoms with van der Waals surface area (Å²) in [7, 11) is 0. The highest BCUT2D eigenvalue weighted by Crippen LogP contribution is 2.29. The van der Waals surface area contributed by atoms with Crippen LogP contribution in [0, 0.1) is 5.92 Å². The first-order chi connectivity index (χ1) is 10.8. The van der Waals surface area contributed by atoms with Crippen LogP contribution < -0.4 is 5.32 Å². The van der Waals surface area contributed by atoms with Crippen molar-refractivity contribution in [2.24, 2.45) is 5.92 Å². The Hall–Kier alpha value is -1.56. The van der Waals surface area contributed by atoms with Crippen molar-refractivity contribution < 1.29 is 18.0 Å². The lowest BCUT2D eigenvalue weighted by atomic mass is 9.89. The molecule has 1 amide bonds. The number of benzene rings is 1. The van der Waals surface area contributed by atoms with Gasteiger partial charge in [-0.05, 0) is 24.0 Å². The molecule has 1 saturated heterocycles. The van der Waals surface area contributed by atoms with E-state index in [0.717, 1.165) is 18.9 Å². The number of amides is 1. The summed E-state index contributed by atoms with van der Waals surface area (Å²) in [5, 5.41) is 3.37. The smallest absolute Gasteiger partial charge is 0.343 e. The van der Waals surface area contributed by atoms with Gasteiger partial charge in [0.05, 0.1) is 5.56 Å². The number of hydrogen-bond donors (Lipinski definition) is 1. The Balaban J connectivity index is 1.96. The number of nitrogens with zero attached hydrogens (tertiary/aromatic N) is 1. The first-order valence-electron chi connectivity index (χ1n) is 7.96. The summed E-state index contributed by atoms with van der Waals surface area (Å²) in [6.07, 6.45) is -2.55. The standard InChI is InChI=1S/C17H23F3N2O/c1-3-14-11-22(12(2)23)8-7-16(14)21-10-13-5-4-6-15(9-13)17(18,19)20/h4-6,9,14,16,21H,3,7-8,10-11H2,1-2H3/t14-,16+/m0/s1.